The summed E-state index contributed by atoms with van der Waals surface area (Å²) in [6.45, 7) is 0. The van der Waals surface area contributed by atoms with E-state index in [1.54, 1.807) is 48.5 Å². The lowest BCUT2D eigenvalue weighted by Crippen LogP contribution is -2.32. The fourth-order valence-corrected chi connectivity index (χ4v) is 1.75. The van der Waals surface area contributed by atoms with Crippen LogP contribution >= 0.6 is 0 Å². The van der Waals surface area contributed by atoms with Crippen LogP contribution in [-0.2, 0) is 0 Å². The maximum atomic E-state index is 11.6. The van der Waals surface area contributed by atoms with Gasteiger partial charge >= 0.3 is 0 Å². The highest BCUT2D eigenvalue weighted by Gasteiger charge is 2.25. The molecule has 20 heavy (non-hydrogen) atoms. The molecule has 3 aromatic carbocycles. The van der Waals surface area contributed by atoms with Crippen molar-refractivity contribution in [2.75, 3.05) is 0 Å². The first-order valence-electron chi connectivity index (χ1n) is 6.05. The highest BCUT2D eigenvalue weighted by molar-refractivity contribution is 5.50. The standard InChI is InChI=1S/C16H10O4/c17-13-14(18)16(20-12-9-5-2-6-10-12)15(13)19-11-7-3-1-4-8-11/h1-10H. The van der Waals surface area contributed by atoms with Gasteiger partial charge in [-0.05, 0) is 24.3 Å². The molecule has 0 N–H and O–H groups in total. The first-order valence-corrected chi connectivity index (χ1v) is 6.05. The zero-order chi connectivity index (χ0) is 13.9. The van der Waals surface area contributed by atoms with E-state index in [2.05, 4.69) is 0 Å². The summed E-state index contributed by atoms with van der Waals surface area (Å²) in [6, 6.07) is 17.6. The van der Waals surface area contributed by atoms with Crippen LogP contribution in [0.4, 0.5) is 0 Å². The van der Waals surface area contributed by atoms with Crippen LogP contribution < -0.4 is 20.3 Å². The predicted molar refractivity (Wildman–Crippen MR) is 74.4 cm³/mol. The molecule has 0 bridgehead atoms. The molecule has 0 aliphatic carbocycles. The molecule has 0 unspecified atom stereocenters. The predicted octanol–water partition coefficient (Wildman–Crippen LogP) is 2.87. The van der Waals surface area contributed by atoms with Crippen molar-refractivity contribution in [1.29, 1.82) is 0 Å². The third-order valence-electron chi connectivity index (χ3n) is 2.75. The Morgan fingerprint density at radius 2 is 0.900 bits per heavy atom. The van der Waals surface area contributed by atoms with Gasteiger partial charge in [0.25, 0.3) is 10.9 Å². The second kappa shape index (κ2) is 5.01. The monoisotopic (exact) mass is 266 g/mol. The molecular formula is C16H10O4. The first-order chi connectivity index (χ1) is 9.75. The van der Waals surface area contributed by atoms with E-state index < -0.39 is 10.9 Å². The summed E-state index contributed by atoms with van der Waals surface area (Å²) in [5.74, 6) is 0.866. The lowest BCUT2D eigenvalue weighted by atomic mass is 10.2. The molecule has 0 amide bonds. The van der Waals surface area contributed by atoms with Gasteiger partial charge in [0.05, 0.1) is 0 Å². The Bertz CT molecular complexity index is 715. The minimum absolute atomic E-state index is 0.0509. The normalized spacial score (nSPS) is 10.4. The minimum atomic E-state index is -0.667. The van der Waals surface area contributed by atoms with Gasteiger partial charge in [0.1, 0.15) is 11.5 Å². The van der Waals surface area contributed by atoms with Crippen LogP contribution in [0.2, 0.25) is 0 Å². The van der Waals surface area contributed by atoms with E-state index in [0.717, 1.165) is 0 Å². The summed E-state index contributed by atoms with van der Waals surface area (Å²) in [5.41, 5.74) is -1.33. The molecule has 0 fully saturated rings. The Morgan fingerprint density at radius 3 is 1.25 bits per heavy atom. The van der Waals surface area contributed by atoms with Gasteiger partial charge in [-0.3, -0.25) is 9.59 Å². The van der Waals surface area contributed by atoms with Crippen LogP contribution in [0.25, 0.3) is 0 Å². The second-order valence-corrected chi connectivity index (χ2v) is 4.15. The molecule has 0 saturated carbocycles. The number of rotatable bonds is 4. The minimum Gasteiger partial charge on any atom is -0.449 e. The van der Waals surface area contributed by atoms with E-state index in [9.17, 15) is 9.59 Å². The van der Waals surface area contributed by atoms with Crippen molar-refractivity contribution in [3.8, 4) is 23.0 Å². The van der Waals surface area contributed by atoms with Crippen LogP contribution in [0.1, 0.15) is 0 Å². The molecular weight excluding hydrogens is 256 g/mol. The van der Waals surface area contributed by atoms with Crippen molar-refractivity contribution < 1.29 is 9.47 Å². The highest BCUT2D eigenvalue weighted by atomic mass is 16.5. The van der Waals surface area contributed by atoms with Crippen LogP contribution in [0.5, 0.6) is 23.0 Å². The van der Waals surface area contributed by atoms with Crippen molar-refractivity contribution >= 4 is 0 Å². The van der Waals surface area contributed by atoms with Crippen LogP contribution in [-0.4, -0.2) is 0 Å². The average molecular weight is 266 g/mol. The second-order valence-electron chi connectivity index (χ2n) is 4.15. The molecule has 98 valence electrons. The highest BCUT2D eigenvalue weighted by Crippen LogP contribution is 2.30. The summed E-state index contributed by atoms with van der Waals surface area (Å²) < 4.78 is 10.8. The van der Waals surface area contributed by atoms with Gasteiger partial charge in [0.15, 0.2) is 0 Å². The maximum Gasteiger partial charge on any atom is 0.276 e. The van der Waals surface area contributed by atoms with E-state index in [1.807, 2.05) is 12.1 Å². The number of benzene rings is 2. The maximum absolute atomic E-state index is 11.6. The van der Waals surface area contributed by atoms with Crippen LogP contribution in [0.3, 0.4) is 0 Å². The van der Waals surface area contributed by atoms with E-state index in [-0.39, 0.29) is 11.5 Å². The van der Waals surface area contributed by atoms with Crippen molar-refractivity contribution in [2.24, 2.45) is 0 Å². The van der Waals surface area contributed by atoms with Gasteiger partial charge in [-0.25, -0.2) is 0 Å². The molecule has 0 atom stereocenters. The van der Waals surface area contributed by atoms with Gasteiger partial charge in [-0.2, -0.15) is 0 Å². The third kappa shape index (κ3) is 2.19. The topological polar surface area (TPSA) is 52.6 Å². The van der Waals surface area contributed by atoms with Crippen molar-refractivity contribution in [3.05, 3.63) is 81.1 Å². The third-order valence-corrected chi connectivity index (χ3v) is 2.75. The van der Waals surface area contributed by atoms with Crippen LogP contribution in [0.15, 0.2) is 70.3 Å². The van der Waals surface area contributed by atoms with E-state index in [4.69, 9.17) is 9.47 Å². The Labute approximate surface area is 114 Å². The zero-order valence-corrected chi connectivity index (χ0v) is 10.4. The molecule has 0 aliphatic rings. The quantitative estimate of drug-likeness (QED) is 0.681. The Morgan fingerprint density at radius 1 is 0.550 bits per heavy atom. The summed E-state index contributed by atoms with van der Waals surface area (Å²) in [5, 5.41) is 0. The Kier molecular flexibility index (Phi) is 3.05. The molecule has 0 aliphatic heterocycles. The van der Waals surface area contributed by atoms with E-state index >= 15 is 0 Å². The summed E-state index contributed by atoms with van der Waals surface area (Å²) in [4.78, 5) is 23.1. The molecule has 0 aromatic heterocycles. The number of hydrogen-bond donors (Lipinski definition) is 0. The number of para-hydroxylation sites is 2. The lowest BCUT2D eigenvalue weighted by Gasteiger charge is -2.12. The van der Waals surface area contributed by atoms with Gasteiger partial charge < -0.3 is 9.47 Å². The van der Waals surface area contributed by atoms with E-state index in [0.29, 0.717) is 11.5 Å². The molecule has 0 radical (unpaired) electrons. The average Bonchev–Trinajstić information content (AvgIpc) is 2.52. The first kappa shape index (κ1) is 12.2. The molecule has 0 heterocycles. The molecule has 4 nitrogen and oxygen atoms in total. The molecule has 4 heteroatoms. The molecule has 3 aromatic rings. The van der Waals surface area contributed by atoms with Gasteiger partial charge in [-0.1, -0.05) is 36.4 Å². The molecule has 3 rings (SSSR count). The van der Waals surface area contributed by atoms with Crippen molar-refractivity contribution in [2.45, 2.75) is 0 Å². The van der Waals surface area contributed by atoms with Gasteiger partial charge in [0.2, 0.25) is 11.5 Å². The molecule has 0 saturated heterocycles. The Hall–Kier alpha value is -2.88. The lowest BCUT2D eigenvalue weighted by molar-refractivity contribution is 0.400. The summed E-state index contributed by atoms with van der Waals surface area (Å²) in [7, 11) is 0. The van der Waals surface area contributed by atoms with Crippen molar-refractivity contribution in [3.63, 3.8) is 0 Å². The fraction of sp³-hybridized carbons (Fsp3) is 0. The fourth-order valence-electron chi connectivity index (χ4n) is 1.75. The smallest absolute Gasteiger partial charge is 0.276 e. The number of hydrogen-bond acceptors (Lipinski definition) is 4. The van der Waals surface area contributed by atoms with Gasteiger partial charge in [-0.15, -0.1) is 0 Å². The van der Waals surface area contributed by atoms with Crippen LogP contribution in [0, 0.1) is 0 Å². The number of ether oxygens (including phenoxy) is 2. The zero-order valence-electron chi connectivity index (χ0n) is 10.4. The van der Waals surface area contributed by atoms with Crippen molar-refractivity contribution in [1.82, 2.24) is 0 Å². The summed E-state index contributed by atoms with van der Waals surface area (Å²) in [6.07, 6.45) is 0. The SMILES string of the molecule is O=c1c(Oc2ccccc2)c(Oc2ccccc2)c1=O. The van der Waals surface area contributed by atoms with Gasteiger partial charge in [0, 0.05) is 0 Å². The largest absolute Gasteiger partial charge is 0.449 e. The Balaban J connectivity index is 1.88. The molecule has 0 spiro atoms. The van der Waals surface area contributed by atoms with E-state index in [1.165, 1.54) is 0 Å². The summed E-state index contributed by atoms with van der Waals surface area (Å²) >= 11 is 0.